The second kappa shape index (κ2) is 7.74. The molecule has 1 aliphatic heterocycles. The van der Waals surface area contributed by atoms with Crippen LogP contribution in [-0.2, 0) is 13.0 Å². The molecule has 1 aliphatic carbocycles. The Morgan fingerprint density at radius 2 is 1.86 bits per heavy atom. The minimum atomic E-state index is 0.950. The standard InChI is InChI=1S/C26H26N2S/c1-18-6-5-12-27-24(18)17-28-13-9-20(10-14-28)25-22-8-4-3-7-21(22)16-19(2)26-23(25)11-15-29-26/h3-8,11-12,15H,2,9-10,13-14,16-17H2,1H3. The number of fused-ring (bicyclic) bond motifs is 2. The van der Waals surface area contributed by atoms with E-state index in [0.717, 1.165) is 38.9 Å². The van der Waals surface area contributed by atoms with E-state index in [1.54, 1.807) is 5.57 Å². The maximum Gasteiger partial charge on any atom is 0.0573 e. The zero-order valence-corrected chi connectivity index (χ0v) is 17.8. The SMILES string of the molecule is C=C1Cc2ccccc2C(=C2CCN(Cc3ncccc3C)CC2)c2ccsc21. The Morgan fingerprint density at radius 1 is 1.03 bits per heavy atom. The third-order valence-corrected chi connectivity index (χ3v) is 7.27. The maximum absolute atomic E-state index is 4.59. The molecular formula is C26H26N2S. The number of hydrogen-bond acceptors (Lipinski definition) is 3. The molecule has 5 rings (SSSR count). The summed E-state index contributed by atoms with van der Waals surface area (Å²) in [6.07, 6.45) is 5.10. The number of piperidine rings is 1. The fourth-order valence-electron chi connectivity index (χ4n) is 4.66. The summed E-state index contributed by atoms with van der Waals surface area (Å²) in [4.78, 5) is 8.51. The van der Waals surface area contributed by atoms with Crippen LogP contribution in [0.2, 0.25) is 0 Å². The van der Waals surface area contributed by atoms with Gasteiger partial charge in [0.2, 0.25) is 0 Å². The van der Waals surface area contributed by atoms with Crippen molar-refractivity contribution in [2.45, 2.75) is 32.7 Å². The molecule has 29 heavy (non-hydrogen) atoms. The van der Waals surface area contributed by atoms with Gasteiger partial charge in [0.25, 0.3) is 0 Å². The summed E-state index contributed by atoms with van der Waals surface area (Å²) in [5, 5.41) is 2.23. The number of rotatable bonds is 2. The molecule has 3 aromatic rings. The van der Waals surface area contributed by atoms with Crippen LogP contribution >= 0.6 is 11.3 Å². The van der Waals surface area contributed by atoms with Gasteiger partial charge in [-0.3, -0.25) is 9.88 Å². The first-order valence-electron chi connectivity index (χ1n) is 10.4. The van der Waals surface area contributed by atoms with Crippen LogP contribution in [0.15, 0.2) is 66.2 Å². The van der Waals surface area contributed by atoms with Gasteiger partial charge in [-0.25, -0.2) is 0 Å². The highest BCUT2D eigenvalue weighted by molar-refractivity contribution is 7.11. The van der Waals surface area contributed by atoms with Gasteiger partial charge < -0.3 is 0 Å². The molecule has 3 heterocycles. The normalized spacial score (nSPS) is 17.1. The molecule has 0 unspecified atom stereocenters. The number of nitrogens with zero attached hydrogens (tertiary/aromatic N) is 2. The molecule has 146 valence electrons. The highest BCUT2D eigenvalue weighted by Gasteiger charge is 2.26. The molecule has 0 spiro atoms. The molecule has 1 aromatic carbocycles. The number of benzene rings is 1. The minimum Gasteiger partial charge on any atom is -0.297 e. The predicted molar refractivity (Wildman–Crippen MR) is 123 cm³/mol. The molecule has 0 saturated carbocycles. The van der Waals surface area contributed by atoms with Gasteiger partial charge in [0.15, 0.2) is 0 Å². The van der Waals surface area contributed by atoms with Crippen molar-refractivity contribution in [2.24, 2.45) is 0 Å². The highest BCUT2D eigenvalue weighted by atomic mass is 32.1. The highest BCUT2D eigenvalue weighted by Crippen LogP contribution is 2.43. The van der Waals surface area contributed by atoms with Crippen molar-refractivity contribution in [1.82, 2.24) is 9.88 Å². The number of likely N-dealkylation sites (tertiary alicyclic amines) is 1. The lowest BCUT2D eigenvalue weighted by Gasteiger charge is -2.30. The topological polar surface area (TPSA) is 16.1 Å². The Kier molecular flexibility index (Phi) is 4.94. The number of aryl methyl sites for hydroxylation is 1. The van der Waals surface area contributed by atoms with Crippen LogP contribution < -0.4 is 0 Å². The van der Waals surface area contributed by atoms with Crippen LogP contribution in [0.25, 0.3) is 11.1 Å². The predicted octanol–water partition coefficient (Wildman–Crippen LogP) is 6.12. The average molecular weight is 399 g/mol. The molecule has 2 aliphatic rings. The maximum atomic E-state index is 4.59. The molecule has 1 saturated heterocycles. The lowest BCUT2D eigenvalue weighted by molar-refractivity contribution is 0.245. The van der Waals surface area contributed by atoms with Crippen molar-refractivity contribution in [3.05, 3.63) is 99.0 Å². The molecule has 0 radical (unpaired) electrons. The molecule has 0 N–H and O–H groups in total. The van der Waals surface area contributed by atoms with Gasteiger partial charge in [-0.05, 0) is 71.5 Å². The first-order valence-corrected chi connectivity index (χ1v) is 11.3. The largest absolute Gasteiger partial charge is 0.297 e. The Bertz CT molecular complexity index is 1100. The lowest BCUT2D eigenvalue weighted by atomic mass is 9.87. The van der Waals surface area contributed by atoms with Gasteiger partial charge in [-0.1, -0.05) is 42.5 Å². The molecule has 2 aromatic heterocycles. The summed E-state index contributed by atoms with van der Waals surface area (Å²) in [5.41, 5.74) is 11.0. The number of aromatic nitrogens is 1. The monoisotopic (exact) mass is 398 g/mol. The van der Waals surface area contributed by atoms with Gasteiger partial charge in [0.05, 0.1) is 5.69 Å². The quantitative estimate of drug-likeness (QED) is 0.517. The first-order chi connectivity index (χ1) is 14.2. The van der Waals surface area contributed by atoms with Crippen molar-refractivity contribution in [3.8, 4) is 0 Å². The number of pyridine rings is 1. The molecule has 2 nitrogen and oxygen atoms in total. The van der Waals surface area contributed by atoms with Crippen LogP contribution in [0.4, 0.5) is 0 Å². The fourth-order valence-corrected chi connectivity index (χ4v) is 5.54. The smallest absolute Gasteiger partial charge is 0.0573 e. The van der Waals surface area contributed by atoms with E-state index >= 15 is 0 Å². The summed E-state index contributed by atoms with van der Waals surface area (Å²) >= 11 is 1.84. The molecular weight excluding hydrogens is 372 g/mol. The van der Waals surface area contributed by atoms with Gasteiger partial charge in [-0.15, -0.1) is 11.3 Å². The second-order valence-electron chi connectivity index (χ2n) is 8.12. The van der Waals surface area contributed by atoms with E-state index in [1.807, 2.05) is 23.6 Å². The van der Waals surface area contributed by atoms with E-state index in [1.165, 1.54) is 44.0 Å². The van der Waals surface area contributed by atoms with Crippen molar-refractivity contribution in [1.29, 1.82) is 0 Å². The third-order valence-electron chi connectivity index (χ3n) is 6.25. The number of allylic oxidation sites excluding steroid dienone is 1. The lowest BCUT2D eigenvalue weighted by Crippen LogP contribution is -2.31. The molecule has 0 amide bonds. The summed E-state index contributed by atoms with van der Waals surface area (Å²) in [6, 6.07) is 15.4. The summed E-state index contributed by atoms with van der Waals surface area (Å²) in [6.45, 7) is 9.71. The average Bonchev–Trinajstić information content (AvgIpc) is 3.18. The molecule has 0 bridgehead atoms. The van der Waals surface area contributed by atoms with Gasteiger partial charge in [0, 0.05) is 36.3 Å². The number of hydrogen-bond donors (Lipinski definition) is 0. The summed E-state index contributed by atoms with van der Waals surface area (Å²) in [7, 11) is 0. The van der Waals surface area contributed by atoms with Gasteiger partial charge >= 0.3 is 0 Å². The van der Waals surface area contributed by atoms with Crippen LogP contribution in [0, 0.1) is 6.92 Å². The van der Waals surface area contributed by atoms with Crippen molar-refractivity contribution in [3.63, 3.8) is 0 Å². The van der Waals surface area contributed by atoms with Crippen LogP contribution in [0.3, 0.4) is 0 Å². The van der Waals surface area contributed by atoms with E-state index in [0.29, 0.717) is 0 Å². The van der Waals surface area contributed by atoms with Gasteiger partial charge in [-0.2, -0.15) is 0 Å². The van der Waals surface area contributed by atoms with E-state index in [2.05, 4.69) is 65.2 Å². The Morgan fingerprint density at radius 3 is 2.69 bits per heavy atom. The minimum absolute atomic E-state index is 0.950. The van der Waals surface area contributed by atoms with Crippen molar-refractivity contribution < 1.29 is 0 Å². The summed E-state index contributed by atoms with van der Waals surface area (Å²) in [5.74, 6) is 0. The molecule has 3 heteroatoms. The van der Waals surface area contributed by atoms with E-state index < -0.39 is 0 Å². The molecule has 0 atom stereocenters. The van der Waals surface area contributed by atoms with Crippen molar-refractivity contribution in [2.75, 3.05) is 13.1 Å². The second-order valence-corrected chi connectivity index (χ2v) is 9.04. The Labute approximate surface area is 177 Å². The fraction of sp³-hybridized carbons (Fsp3) is 0.269. The zero-order chi connectivity index (χ0) is 19.8. The third kappa shape index (κ3) is 3.50. The van der Waals surface area contributed by atoms with E-state index in [-0.39, 0.29) is 0 Å². The van der Waals surface area contributed by atoms with Crippen molar-refractivity contribution >= 4 is 22.5 Å². The van der Waals surface area contributed by atoms with Crippen LogP contribution in [0.1, 0.15) is 45.7 Å². The zero-order valence-electron chi connectivity index (χ0n) is 16.9. The van der Waals surface area contributed by atoms with E-state index in [4.69, 9.17) is 0 Å². The summed E-state index contributed by atoms with van der Waals surface area (Å²) < 4.78 is 0. The number of thiophene rings is 1. The van der Waals surface area contributed by atoms with Gasteiger partial charge in [0.1, 0.15) is 0 Å². The van der Waals surface area contributed by atoms with Crippen LogP contribution in [0.5, 0.6) is 0 Å². The van der Waals surface area contributed by atoms with Crippen LogP contribution in [-0.4, -0.2) is 23.0 Å². The first kappa shape index (κ1) is 18.5. The van der Waals surface area contributed by atoms with E-state index in [9.17, 15) is 0 Å². The Hall–Kier alpha value is -2.49. The Balaban J connectivity index is 1.48. The molecule has 1 fully saturated rings.